The zero-order valence-electron chi connectivity index (χ0n) is 9.61. The molecule has 0 unspecified atom stereocenters. The summed E-state index contributed by atoms with van der Waals surface area (Å²) in [6.07, 6.45) is 2.16. The maximum Gasteiger partial charge on any atom is 0.241 e. The number of alkyl halides is 1. The summed E-state index contributed by atoms with van der Waals surface area (Å²) >= 11 is 5.69. The molecule has 0 bridgehead atoms. The largest absolute Gasteiger partial charge is 0.338 e. The lowest BCUT2D eigenvalue weighted by molar-refractivity contribution is 0.381. The first kappa shape index (κ1) is 10.8. The van der Waals surface area contributed by atoms with E-state index in [0.29, 0.717) is 5.89 Å². The molecule has 0 aliphatic heterocycles. The molecule has 0 spiro atoms. The Bertz CT molecular complexity index is 546. The van der Waals surface area contributed by atoms with Gasteiger partial charge in [-0.15, -0.1) is 11.6 Å². The van der Waals surface area contributed by atoms with Gasteiger partial charge in [-0.1, -0.05) is 35.0 Å². The Morgan fingerprint density at radius 3 is 2.82 bits per heavy atom. The van der Waals surface area contributed by atoms with Crippen LogP contribution in [0.1, 0.15) is 35.7 Å². The van der Waals surface area contributed by atoms with Crippen LogP contribution in [0.5, 0.6) is 0 Å². The molecule has 3 nitrogen and oxygen atoms in total. The van der Waals surface area contributed by atoms with Crippen molar-refractivity contribution in [2.45, 2.75) is 31.1 Å². The topological polar surface area (TPSA) is 38.9 Å². The van der Waals surface area contributed by atoms with Crippen LogP contribution in [0.2, 0.25) is 0 Å². The average Bonchev–Trinajstić information content (AvgIpc) is 3.01. The molecule has 2 aromatic rings. The van der Waals surface area contributed by atoms with Gasteiger partial charge in [-0.2, -0.15) is 4.98 Å². The van der Waals surface area contributed by atoms with Crippen LogP contribution in [-0.2, 0) is 11.3 Å². The summed E-state index contributed by atoms with van der Waals surface area (Å²) in [6.45, 7) is 2.10. The lowest BCUT2D eigenvalue weighted by Gasteiger charge is -2.11. The lowest BCUT2D eigenvalue weighted by Crippen LogP contribution is -2.11. The maximum atomic E-state index is 5.69. The Kier molecular flexibility index (Phi) is 2.44. The number of hydrogen-bond acceptors (Lipinski definition) is 3. The molecule has 88 valence electrons. The molecule has 4 heteroatoms. The normalized spacial score (nSPS) is 17.1. The monoisotopic (exact) mass is 248 g/mol. The van der Waals surface area contributed by atoms with Crippen molar-refractivity contribution < 1.29 is 4.52 Å². The van der Waals surface area contributed by atoms with Crippen LogP contribution in [0.15, 0.2) is 28.8 Å². The predicted octanol–water partition coefficient (Wildman–Crippen LogP) is 3.20. The highest BCUT2D eigenvalue weighted by Gasteiger charge is 2.49. The molecular formula is C13H13ClN2O. The molecule has 1 aromatic heterocycles. The maximum absolute atomic E-state index is 5.69. The molecule has 0 N–H and O–H groups in total. The smallest absolute Gasteiger partial charge is 0.241 e. The van der Waals surface area contributed by atoms with Crippen LogP contribution < -0.4 is 0 Å². The average molecular weight is 249 g/mol. The number of aryl methyl sites for hydroxylation is 1. The van der Waals surface area contributed by atoms with E-state index in [-0.39, 0.29) is 11.3 Å². The van der Waals surface area contributed by atoms with E-state index in [4.69, 9.17) is 16.1 Å². The van der Waals surface area contributed by atoms with E-state index in [9.17, 15) is 0 Å². The quantitative estimate of drug-likeness (QED) is 0.783. The van der Waals surface area contributed by atoms with Crippen LogP contribution in [0.4, 0.5) is 0 Å². The molecule has 0 saturated heterocycles. The Labute approximate surface area is 105 Å². The zero-order chi connectivity index (χ0) is 11.9. The van der Waals surface area contributed by atoms with Crippen molar-refractivity contribution in [3.63, 3.8) is 0 Å². The summed E-state index contributed by atoms with van der Waals surface area (Å²) in [4.78, 5) is 4.36. The van der Waals surface area contributed by atoms with E-state index in [1.165, 1.54) is 11.1 Å². The standard InChI is InChI=1S/C13H13ClN2O/c1-9-3-2-4-10(7-9)13(5-6-13)12-15-11(8-14)17-16-12/h2-4,7H,5-6,8H2,1H3. The molecular weight excluding hydrogens is 236 g/mol. The molecule has 1 aromatic carbocycles. The highest BCUT2D eigenvalue weighted by molar-refractivity contribution is 6.16. The summed E-state index contributed by atoms with van der Waals surface area (Å²) in [6, 6.07) is 8.51. The van der Waals surface area contributed by atoms with Gasteiger partial charge >= 0.3 is 0 Å². The van der Waals surface area contributed by atoms with E-state index in [0.717, 1.165) is 18.7 Å². The molecule has 1 saturated carbocycles. The minimum atomic E-state index is -0.0279. The first-order valence-corrected chi connectivity index (χ1v) is 6.24. The molecule has 1 heterocycles. The van der Waals surface area contributed by atoms with Gasteiger partial charge in [-0.25, -0.2) is 0 Å². The van der Waals surface area contributed by atoms with Crippen LogP contribution in [0, 0.1) is 6.92 Å². The molecule has 0 amide bonds. The third-order valence-corrected chi connectivity index (χ3v) is 3.56. The van der Waals surface area contributed by atoms with E-state index >= 15 is 0 Å². The molecule has 0 radical (unpaired) electrons. The second-order valence-corrected chi connectivity index (χ2v) is 4.86. The summed E-state index contributed by atoms with van der Waals surface area (Å²) in [5.41, 5.74) is 2.51. The van der Waals surface area contributed by atoms with Gasteiger partial charge in [0, 0.05) is 0 Å². The predicted molar refractivity (Wildman–Crippen MR) is 65.0 cm³/mol. The third kappa shape index (κ3) is 1.75. The van der Waals surface area contributed by atoms with Crippen molar-refractivity contribution in [2.75, 3.05) is 0 Å². The molecule has 1 fully saturated rings. The summed E-state index contributed by atoms with van der Waals surface area (Å²) in [5.74, 6) is 1.55. The van der Waals surface area contributed by atoms with Crippen LogP contribution in [0.3, 0.4) is 0 Å². The second-order valence-electron chi connectivity index (χ2n) is 4.60. The van der Waals surface area contributed by atoms with Gasteiger partial charge in [-0.05, 0) is 25.3 Å². The minimum Gasteiger partial charge on any atom is -0.338 e. The van der Waals surface area contributed by atoms with Crippen LogP contribution >= 0.6 is 11.6 Å². The number of benzene rings is 1. The lowest BCUT2D eigenvalue weighted by atomic mass is 9.94. The highest BCUT2D eigenvalue weighted by atomic mass is 35.5. The Hall–Kier alpha value is -1.35. The number of rotatable bonds is 3. The minimum absolute atomic E-state index is 0.0279. The van der Waals surface area contributed by atoms with Gasteiger partial charge in [0.2, 0.25) is 5.89 Å². The highest BCUT2D eigenvalue weighted by Crippen LogP contribution is 2.52. The summed E-state index contributed by atoms with van der Waals surface area (Å²) < 4.78 is 5.10. The fraction of sp³-hybridized carbons (Fsp3) is 0.385. The number of hydrogen-bond donors (Lipinski definition) is 0. The van der Waals surface area contributed by atoms with Gasteiger partial charge in [-0.3, -0.25) is 0 Å². The fourth-order valence-electron chi connectivity index (χ4n) is 2.21. The molecule has 1 aliphatic carbocycles. The third-order valence-electron chi connectivity index (χ3n) is 3.33. The number of nitrogens with zero attached hydrogens (tertiary/aromatic N) is 2. The summed E-state index contributed by atoms with van der Waals surface area (Å²) in [5, 5.41) is 4.06. The molecule has 3 rings (SSSR count). The second kappa shape index (κ2) is 3.84. The van der Waals surface area contributed by atoms with Gasteiger partial charge in [0.1, 0.15) is 5.88 Å². The van der Waals surface area contributed by atoms with Gasteiger partial charge in [0.05, 0.1) is 5.41 Å². The van der Waals surface area contributed by atoms with Crippen molar-refractivity contribution in [1.29, 1.82) is 0 Å². The zero-order valence-corrected chi connectivity index (χ0v) is 10.4. The summed E-state index contributed by atoms with van der Waals surface area (Å²) in [7, 11) is 0. The van der Waals surface area contributed by atoms with Crippen molar-refractivity contribution in [1.82, 2.24) is 10.1 Å². The Morgan fingerprint density at radius 1 is 1.41 bits per heavy atom. The molecule has 1 aliphatic rings. The first-order chi connectivity index (χ1) is 8.24. The fourth-order valence-corrected chi connectivity index (χ4v) is 2.32. The van der Waals surface area contributed by atoms with E-state index in [1.54, 1.807) is 0 Å². The Balaban J connectivity index is 2.01. The SMILES string of the molecule is Cc1cccc(C2(c3noc(CCl)n3)CC2)c1. The Morgan fingerprint density at radius 2 is 2.24 bits per heavy atom. The van der Waals surface area contributed by atoms with Crippen molar-refractivity contribution in [3.05, 3.63) is 47.1 Å². The number of aromatic nitrogens is 2. The van der Waals surface area contributed by atoms with Crippen molar-refractivity contribution in [2.24, 2.45) is 0 Å². The van der Waals surface area contributed by atoms with E-state index < -0.39 is 0 Å². The van der Waals surface area contributed by atoms with Crippen molar-refractivity contribution >= 4 is 11.6 Å². The van der Waals surface area contributed by atoms with E-state index in [1.807, 2.05) is 0 Å². The van der Waals surface area contributed by atoms with Gasteiger partial charge < -0.3 is 4.52 Å². The van der Waals surface area contributed by atoms with Gasteiger partial charge in [0.15, 0.2) is 5.82 Å². The van der Waals surface area contributed by atoms with Gasteiger partial charge in [0.25, 0.3) is 0 Å². The number of halogens is 1. The van der Waals surface area contributed by atoms with Crippen molar-refractivity contribution in [3.8, 4) is 0 Å². The van der Waals surface area contributed by atoms with Crippen LogP contribution in [-0.4, -0.2) is 10.1 Å². The van der Waals surface area contributed by atoms with Crippen LogP contribution in [0.25, 0.3) is 0 Å². The van der Waals surface area contributed by atoms with E-state index in [2.05, 4.69) is 41.3 Å². The molecule has 17 heavy (non-hydrogen) atoms. The first-order valence-electron chi connectivity index (χ1n) is 5.71. The molecule has 0 atom stereocenters.